The van der Waals surface area contributed by atoms with Gasteiger partial charge in [-0.25, -0.2) is 9.67 Å². The third kappa shape index (κ3) is 3.16. The van der Waals surface area contributed by atoms with Gasteiger partial charge in [0, 0.05) is 0 Å². The van der Waals surface area contributed by atoms with E-state index in [1.54, 1.807) is 0 Å². The average molecular weight is 349 g/mol. The molecule has 1 heterocycles. The lowest BCUT2D eigenvalue weighted by Gasteiger charge is -2.13. The topological polar surface area (TPSA) is 59.8 Å². The van der Waals surface area contributed by atoms with E-state index in [-0.39, 0.29) is 11.0 Å². The van der Waals surface area contributed by atoms with Crippen LogP contribution in [0.25, 0.3) is 5.69 Å². The van der Waals surface area contributed by atoms with Gasteiger partial charge >= 0.3 is 6.18 Å². The van der Waals surface area contributed by atoms with Gasteiger partial charge < -0.3 is 5.32 Å². The van der Waals surface area contributed by atoms with Crippen LogP contribution in [0.15, 0.2) is 30.9 Å². The number of rotatable bonds is 3. The van der Waals surface area contributed by atoms with Gasteiger partial charge in [0.2, 0.25) is 5.91 Å². The lowest BCUT2D eigenvalue weighted by atomic mass is 10.1. The molecular formula is C11H8BrF3N4O. The number of aromatic nitrogens is 3. The number of carbonyl (C=O) groups excluding carboxylic acids is 1. The standard InChI is InChI=1S/C11H8BrF3N4O/c12-4-10(20)18-8-3-7(11(13,14)15)1-2-9(8)19-6-16-5-17-19/h1-3,5-6H,4H2,(H,18,20). The van der Waals surface area contributed by atoms with Crippen LogP contribution in [-0.2, 0) is 11.0 Å². The van der Waals surface area contributed by atoms with E-state index < -0.39 is 17.6 Å². The second-order valence-electron chi connectivity index (χ2n) is 3.75. The minimum atomic E-state index is -4.49. The highest BCUT2D eigenvalue weighted by Crippen LogP contribution is 2.33. The molecule has 0 fully saturated rings. The van der Waals surface area contributed by atoms with Crippen molar-refractivity contribution in [3.05, 3.63) is 36.4 Å². The summed E-state index contributed by atoms with van der Waals surface area (Å²) in [7, 11) is 0. The summed E-state index contributed by atoms with van der Waals surface area (Å²) in [4.78, 5) is 15.1. The second-order valence-corrected chi connectivity index (χ2v) is 4.31. The number of hydrogen-bond donors (Lipinski definition) is 1. The Balaban J connectivity index is 2.49. The molecule has 2 rings (SSSR count). The molecule has 0 saturated carbocycles. The van der Waals surface area contributed by atoms with E-state index in [4.69, 9.17) is 0 Å². The van der Waals surface area contributed by atoms with Gasteiger partial charge in [-0.05, 0) is 18.2 Å². The summed E-state index contributed by atoms with van der Waals surface area (Å²) < 4.78 is 39.4. The Morgan fingerprint density at radius 2 is 2.15 bits per heavy atom. The first-order valence-electron chi connectivity index (χ1n) is 5.34. The summed E-state index contributed by atoms with van der Waals surface area (Å²) >= 11 is 2.93. The molecule has 1 aromatic carbocycles. The highest BCUT2D eigenvalue weighted by molar-refractivity contribution is 9.09. The van der Waals surface area contributed by atoms with E-state index in [1.165, 1.54) is 23.4 Å². The molecule has 0 bridgehead atoms. The summed E-state index contributed by atoms with van der Waals surface area (Å²) in [6.07, 6.45) is -1.92. The van der Waals surface area contributed by atoms with Crippen LogP contribution >= 0.6 is 15.9 Å². The molecule has 0 radical (unpaired) electrons. The fraction of sp³-hybridized carbons (Fsp3) is 0.182. The van der Waals surface area contributed by atoms with Crippen LogP contribution in [0, 0.1) is 0 Å². The predicted octanol–water partition coefficient (Wildman–Crippen LogP) is 2.62. The van der Waals surface area contributed by atoms with Gasteiger partial charge in [-0.1, -0.05) is 15.9 Å². The zero-order valence-electron chi connectivity index (χ0n) is 9.86. The minimum absolute atomic E-state index is 0.00905. The molecular weight excluding hydrogens is 341 g/mol. The van der Waals surface area contributed by atoms with Crippen LogP contribution < -0.4 is 5.32 Å². The van der Waals surface area contributed by atoms with Crippen LogP contribution in [-0.4, -0.2) is 26.0 Å². The van der Waals surface area contributed by atoms with Gasteiger partial charge in [-0.3, -0.25) is 4.79 Å². The maximum absolute atomic E-state index is 12.7. The van der Waals surface area contributed by atoms with E-state index in [9.17, 15) is 18.0 Å². The Bertz CT molecular complexity index is 613. The van der Waals surface area contributed by atoms with Gasteiger partial charge in [0.15, 0.2) is 0 Å². The highest BCUT2D eigenvalue weighted by Gasteiger charge is 2.31. The van der Waals surface area contributed by atoms with E-state index in [0.29, 0.717) is 5.69 Å². The van der Waals surface area contributed by atoms with Gasteiger partial charge in [0.25, 0.3) is 0 Å². The number of nitrogens with one attached hydrogen (secondary N) is 1. The Labute approximate surface area is 119 Å². The molecule has 0 atom stereocenters. The number of amides is 1. The smallest absolute Gasteiger partial charge is 0.323 e. The number of anilines is 1. The van der Waals surface area contributed by atoms with Crippen molar-refractivity contribution in [3.63, 3.8) is 0 Å². The monoisotopic (exact) mass is 348 g/mol. The quantitative estimate of drug-likeness (QED) is 0.867. The lowest BCUT2D eigenvalue weighted by Crippen LogP contribution is -2.16. The zero-order valence-corrected chi connectivity index (χ0v) is 11.4. The third-order valence-corrected chi connectivity index (χ3v) is 2.89. The molecule has 0 aliphatic heterocycles. The Kier molecular flexibility index (Phi) is 4.07. The number of hydrogen-bond acceptors (Lipinski definition) is 3. The normalized spacial score (nSPS) is 11.4. The predicted molar refractivity (Wildman–Crippen MR) is 68.8 cm³/mol. The molecule has 5 nitrogen and oxygen atoms in total. The van der Waals surface area contributed by atoms with Crippen molar-refractivity contribution >= 4 is 27.5 Å². The summed E-state index contributed by atoms with van der Waals surface area (Å²) in [6, 6.07) is 3.00. The molecule has 0 unspecified atom stereocenters. The Morgan fingerprint density at radius 1 is 1.40 bits per heavy atom. The molecule has 1 N–H and O–H groups in total. The third-order valence-electron chi connectivity index (χ3n) is 2.38. The summed E-state index contributed by atoms with van der Waals surface area (Å²) in [5, 5.41) is 6.19. The zero-order chi connectivity index (χ0) is 14.8. The number of alkyl halides is 4. The Morgan fingerprint density at radius 3 is 2.70 bits per heavy atom. The SMILES string of the molecule is O=C(CBr)Nc1cc(C(F)(F)F)ccc1-n1cncn1. The summed E-state index contributed by atoms with van der Waals surface area (Å²) in [6.45, 7) is 0. The molecule has 106 valence electrons. The Hall–Kier alpha value is -1.90. The van der Waals surface area contributed by atoms with E-state index in [1.807, 2.05) is 0 Å². The fourth-order valence-electron chi connectivity index (χ4n) is 1.53. The molecule has 0 aliphatic carbocycles. The van der Waals surface area contributed by atoms with Crippen molar-refractivity contribution in [1.82, 2.24) is 14.8 Å². The van der Waals surface area contributed by atoms with Crippen molar-refractivity contribution in [1.29, 1.82) is 0 Å². The number of benzene rings is 1. The van der Waals surface area contributed by atoms with E-state index in [2.05, 4.69) is 31.3 Å². The van der Waals surface area contributed by atoms with Crippen LogP contribution in [0.1, 0.15) is 5.56 Å². The first-order chi connectivity index (χ1) is 9.41. The second kappa shape index (κ2) is 5.61. The largest absolute Gasteiger partial charge is 0.416 e. The first kappa shape index (κ1) is 14.5. The fourth-order valence-corrected chi connectivity index (χ4v) is 1.67. The molecule has 1 amide bonds. The number of nitrogens with zero attached hydrogens (tertiary/aromatic N) is 3. The first-order valence-corrected chi connectivity index (χ1v) is 6.46. The van der Waals surface area contributed by atoms with Crippen molar-refractivity contribution < 1.29 is 18.0 Å². The van der Waals surface area contributed by atoms with Gasteiger partial charge in [-0.15, -0.1) is 0 Å². The molecule has 0 spiro atoms. The average Bonchev–Trinajstić information content (AvgIpc) is 2.91. The van der Waals surface area contributed by atoms with Crippen LogP contribution in [0.5, 0.6) is 0 Å². The van der Waals surface area contributed by atoms with Crippen molar-refractivity contribution in [2.24, 2.45) is 0 Å². The molecule has 0 saturated heterocycles. The lowest BCUT2D eigenvalue weighted by molar-refractivity contribution is -0.137. The minimum Gasteiger partial charge on any atom is -0.323 e. The highest BCUT2D eigenvalue weighted by atomic mass is 79.9. The van der Waals surface area contributed by atoms with Crippen LogP contribution in [0.4, 0.5) is 18.9 Å². The maximum atomic E-state index is 12.7. The van der Waals surface area contributed by atoms with Crippen LogP contribution in [0.3, 0.4) is 0 Å². The summed E-state index contributed by atoms with van der Waals surface area (Å²) in [5.74, 6) is -0.467. The molecule has 0 aliphatic rings. The van der Waals surface area contributed by atoms with Gasteiger partial charge in [0.05, 0.1) is 22.3 Å². The van der Waals surface area contributed by atoms with Crippen LogP contribution in [0.2, 0.25) is 0 Å². The van der Waals surface area contributed by atoms with E-state index in [0.717, 1.165) is 12.1 Å². The molecule has 1 aromatic heterocycles. The van der Waals surface area contributed by atoms with Crippen molar-refractivity contribution in [2.45, 2.75) is 6.18 Å². The number of carbonyl (C=O) groups is 1. The van der Waals surface area contributed by atoms with Gasteiger partial charge in [0.1, 0.15) is 12.7 Å². The van der Waals surface area contributed by atoms with Crippen molar-refractivity contribution in [2.75, 3.05) is 10.6 Å². The maximum Gasteiger partial charge on any atom is 0.416 e. The van der Waals surface area contributed by atoms with Gasteiger partial charge in [-0.2, -0.15) is 18.3 Å². The molecule has 20 heavy (non-hydrogen) atoms. The molecule has 9 heteroatoms. The molecule has 2 aromatic rings. The van der Waals surface area contributed by atoms with Crippen molar-refractivity contribution in [3.8, 4) is 5.69 Å². The number of halogens is 4. The van der Waals surface area contributed by atoms with E-state index >= 15 is 0 Å². The summed E-state index contributed by atoms with van der Waals surface area (Å²) in [5.41, 5.74) is -0.550.